The van der Waals surface area contributed by atoms with E-state index in [1.807, 2.05) is 0 Å². The Morgan fingerprint density at radius 2 is 1.88 bits per heavy atom. The third kappa shape index (κ3) is 1.63. The summed E-state index contributed by atoms with van der Waals surface area (Å²) in [5, 5.41) is 0. The molecule has 3 rings (SSSR count). The van der Waals surface area contributed by atoms with Crippen LogP contribution in [-0.2, 0) is 4.79 Å². The van der Waals surface area contributed by atoms with Crippen molar-refractivity contribution in [2.24, 2.45) is 35.5 Å². The molecule has 0 aromatic carbocycles. The average molecular weight is 220 g/mol. The number of fused-ring (bicyclic) bond motifs is 2. The Morgan fingerprint density at radius 3 is 2.44 bits per heavy atom. The van der Waals surface area contributed by atoms with Crippen LogP contribution in [0.5, 0.6) is 0 Å². The molecule has 0 aromatic heterocycles. The molecule has 1 nitrogen and oxygen atoms in total. The van der Waals surface area contributed by atoms with E-state index in [4.69, 9.17) is 0 Å². The maximum absolute atomic E-state index is 12.3. The van der Waals surface area contributed by atoms with Crippen LogP contribution >= 0.6 is 0 Å². The highest BCUT2D eigenvalue weighted by molar-refractivity contribution is 5.82. The summed E-state index contributed by atoms with van der Waals surface area (Å²) in [6, 6.07) is 0. The Morgan fingerprint density at radius 1 is 1.06 bits per heavy atom. The number of hydrogen-bond acceptors (Lipinski definition) is 1. The Hall–Kier alpha value is -0.330. The van der Waals surface area contributed by atoms with Crippen LogP contribution in [0.25, 0.3) is 0 Å². The van der Waals surface area contributed by atoms with Gasteiger partial charge in [0, 0.05) is 12.3 Å². The third-order valence-electron chi connectivity index (χ3n) is 5.56. The number of carbonyl (C=O) groups excluding carboxylic acids is 1. The van der Waals surface area contributed by atoms with Gasteiger partial charge in [0.25, 0.3) is 0 Å². The minimum atomic E-state index is 0.437. The molecule has 0 radical (unpaired) electrons. The van der Waals surface area contributed by atoms with Gasteiger partial charge in [-0.2, -0.15) is 0 Å². The first-order valence-corrected chi connectivity index (χ1v) is 7.18. The predicted octanol–water partition coefficient (Wildman–Crippen LogP) is 3.67. The molecular weight excluding hydrogens is 196 g/mol. The smallest absolute Gasteiger partial charge is 0.136 e. The first-order valence-electron chi connectivity index (χ1n) is 7.18. The molecule has 0 spiro atoms. The van der Waals surface area contributed by atoms with Gasteiger partial charge in [-0.25, -0.2) is 0 Å². The van der Waals surface area contributed by atoms with Gasteiger partial charge in [0.1, 0.15) is 5.78 Å². The number of rotatable bonds is 1. The van der Waals surface area contributed by atoms with Gasteiger partial charge in [0.15, 0.2) is 0 Å². The molecule has 0 aliphatic heterocycles. The second-order valence-corrected chi connectivity index (χ2v) is 6.85. The van der Waals surface area contributed by atoms with Gasteiger partial charge in [-0.05, 0) is 55.3 Å². The molecule has 1 heteroatoms. The van der Waals surface area contributed by atoms with Crippen LogP contribution in [0.15, 0.2) is 0 Å². The molecule has 0 saturated heterocycles. The van der Waals surface area contributed by atoms with E-state index in [9.17, 15) is 4.79 Å². The molecule has 0 N–H and O–H groups in total. The van der Waals surface area contributed by atoms with E-state index in [0.29, 0.717) is 23.5 Å². The van der Waals surface area contributed by atoms with Crippen molar-refractivity contribution in [1.82, 2.24) is 0 Å². The van der Waals surface area contributed by atoms with Gasteiger partial charge in [-0.3, -0.25) is 4.79 Å². The summed E-state index contributed by atoms with van der Waals surface area (Å²) in [4.78, 5) is 12.3. The molecule has 0 unspecified atom stereocenters. The van der Waals surface area contributed by atoms with Crippen molar-refractivity contribution in [2.45, 2.75) is 52.4 Å². The Bertz CT molecular complexity index is 296. The highest BCUT2D eigenvalue weighted by atomic mass is 16.1. The lowest BCUT2D eigenvalue weighted by molar-refractivity contribution is -0.131. The molecular formula is C15H24O. The number of hydrogen-bond donors (Lipinski definition) is 0. The Balaban J connectivity index is 1.76. The van der Waals surface area contributed by atoms with Gasteiger partial charge < -0.3 is 0 Å². The van der Waals surface area contributed by atoms with E-state index < -0.39 is 0 Å². The van der Waals surface area contributed by atoms with Crippen LogP contribution in [0.2, 0.25) is 0 Å². The van der Waals surface area contributed by atoms with Gasteiger partial charge >= 0.3 is 0 Å². The summed E-state index contributed by atoms with van der Waals surface area (Å²) in [5.41, 5.74) is 0. The highest BCUT2D eigenvalue weighted by Crippen LogP contribution is 2.54. The van der Waals surface area contributed by atoms with E-state index >= 15 is 0 Å². The monoisotopic (exact) mass is 220 g/mol. The van der Waals surface area contributed by atoms with Crippen LogP contribution in [0.3, 0.4) is 0 Å². The average Bonchev–Trinajstić information content (AvgIpc) is 2.77. The van der Waals surface area contributed by atoms with Crippen molar-refractivity contribution >= 4 is 5.78 Å². The topological polar surface area (TPSA) is 17.1 Å². The van der Waals surface area contributed by atoms with Crippen molar-refractivity contribution in [3.63, 3.8) is 0 Å². The number of Topliss-reactive ketones (excluding diaryl/α,β-unsaturated/α-hetero) is 1. The molecule has 3 aliphatic rings. The van der Waals surface area contributed by atoms with E-state index in [2.05, 4.69) is 13.8 Å². The van der Waals surface area contributed by atoms with Gasteiger partial charge in [-0.15, -0.1) is 0 Å². The fourth-order valence-corrected chi connectivity index (χ4v) is 5.06. The zero-order valence-electron chi connectivity index (χ0n) is 10.6. The maximum atomic E-state index is 12.3. The largest absolute Gasteiger partial charge is 0.299 e. The van der Waals surface area contributed by atoms with E-state index in [1.54, 1.807) is 0 Å². The molecule has 90 valence electrons. The van der Waals surface area contributed by atoms with Crippen molar-refractivity contribution in [3.05, 3.63) is 0 Å². The van der Waals surface area contributed by atoms with Crippen LogP contribution in [0.4, 0.5) is 0 Å². The summed E-state index contributed by atoms with van der Waals surface area (Å²) < 4.78 is 0. The van der Waals surface area contributed by atoms with Crippen LogP contribution < -0.4 is 0 Å². The standard InChI is InChI=1S/C15H24O/c1-9-5-10(2)15(14(16)6-9)13-8-11-3-4-12(13)7-11/h9-13,15H,3-8H2,1-2H3/t9-,10+,11-,12-,13+,15-/m0/s1. The molecule has 0 amide bonds. The Labute approximate surface area is 99.0 Å². The first kappa shape index (κ1) is 10.8. The fraction of sp³-hybridized carbons (Fsp3) is 0.933. The summed E-state index contributed by atoms with van der Waals surface area (Å²) >= 11 is 0. The van der Waals surface area contributed by atoms with Crippen LogP contribution in [0.1, 0.15) is 52.4 Å². The zero-order chi connectivity index (χ0) is 11.3. The second-order valence-electron chi connectivity index (χ2n) is 6.85. The Kier molecular flexibility index (Phi) is 2.60. The zero-order valence-corrected chi connectivity index (χ0v) is 10.6. The van der Waals surface area contributed by atoms with Crippen molar-refractivity contribution < 1.29 is 4.79 Å². The molecule has 16 heavy (non-hydrogen) atoms. The lowest BCUT2D eigenvalue weighted by Gasteiger charge is -2.38. The minimum Gasteiger partial charge on any atom is -0.299 e. The predicted molar refractivity (Wildman–Crippen MR) is 65.0 cm³/mol. The first-order chi connectivity index (χ1) is 7.65. The third-order valence-corrected chi connectivity index (χ3v) is 5.56. The second kappa shape index (κ2) is 3.85. The summed E-state index contributed by atoms with van der Waals surface area (Å²) in [6.07, 6.45) is 7.83. The summed E-state index contributed by atoms with van der Waals surface area (Å²) in [7, 11) is 0. The molecule has 3 saturated carbocycles. The lowest BCUT2D eigenvalue weighted by Crippen LogP contribution is -2.38. The summed E-state index contributed by atoms with van der Waals surface area (Å²) in [5.74, 6) is 4.99. The lowest BCUT2D eigenvalue weighted by atomic mass is 9.65. The van der Waals surface area contributed by atoms with Crippen molar-refractivity contribution in [3.8, 4) is 0 Å². The van der Waals surface area contributed by atoms with Crippen molar-refractivity contribution in [1.29, 1.82) is 0 Å². The fourth-order valence-electron chi connectivity index (χ4n) is 5.06. The maximum Gasteiger partial charge on any atom is 0.136 e. The van der Waals surface area contributed by atoms with Gasteiger partial charge in [0.05, 0.1) is 0 Å². The van der Waals surface area contributed by atoms with E-state index in [1.165, 1.54) is 32.1 Å². The quantitative estimate of drug-likeness (QED) is 0.659. The van der Waals surface area contributed by atoms with E-state index in [-0.39, 0.29) is 0 Å². The molecule has 2 bridgehead atoms. The normalized spacial score (nSPS) is 52.2. The number of ketones is 1. The molecule has 3 fully saturated rings. The van der Waals surface area contributed by atoms with Crippen LogP contribution in [0, 0.1) is 35.5 Å². The van der Waals surface area contributed by atoms with Gasteiger partial charge in [-0.1, -0.05) is 20.3 Å². The highest BCUT2D eigenvalue weighted by Gasteiger charge is 2.47. The molecule has 6 atom stereocenters. The molecule has 0 aromatic rings. The van der Waals surface area contributed by atoms with Crippen molar-refractivity contribution in [2.75, 3.05) is 0 Å². The minimum absolute atomic E-state index is 0.437. The SMILES string of the molecule is C[C@@H]1CC(=O)[C@H]([C@@H]2C[C@H]3CC[C@H]2C3)[C@H](C)C1. The summed E-state index contributed by atoms with van der Waals surface area (Å²) in [6.45, 7) is 4.57. The van der Waals surface area contributed by atoms with E-state index in [0.717, 1.165) is 24.2 Å². The molecule has 3 aliphatic carbocycles. The van der Waals surface area contributed by atoms with Crippen LogP contribution in [-0.4, -0.2) is 5.78 Å². The number of carbonyl (C=O) groups is 1. The van der Waals surface area contributed by atoms with Gasteiger partial charge in [0.2, 0.25) is 0 Å². The molecule has 0 heterocycles.